The van der Waals surface area contributed by atoms with Crippen molar-refractivity contribution in [1.82, 2.24) is 4.57 Å². The van der Waals surface area contributed by atoms with E-state index < -0.39 is 6.10 Å². The number of rotatable bonds is 6. The fourth-order valence-electron chi connectivity index (χ4n) is 3.69. The molecule has 1 atom stereocenters. The van der Waals surface area contributed by atoms with Gasteiger partial charge in [0.2, 0.25) is 6.33 Å². The second kappa shape index (κ2) is 7.66. The van der Waals surface area contributed by atoms with Crippen molar-refractivity contribution in [2.24, 2.45) is 0 Å². The lowest BCUT2D eigenvalue weighted by Gasteiger charge is -2.23. The summed E-state index contributed by atoms with van der Waals surface area (Å²) in [6, 6.07) is 4.47. The molecule has 0 unspecified atom stereocenters. The molecular weight excluding hydrogens is 300 g/mol. The number of ether oxygens (including phenoxy) is 1. The van der Waals surface area contributed by atoms with Crippen molar-refractivity contribution in [2.75, 3.05) is 6.61 Å². The Hall–Kier alpha value is -1.39. The summed E-state index contributed by atoms with van der Waals surface area (Å²) >= 11 is 0. The van der Waals surface area contributed by atoms with Gasteiger partial charge in [0.25, 0.3) is 0 Å². The van der Waals surface area contributed by atoms with Gasteiger partial charge in [-0.1, -0.05) is 19.3 Å². The number of fused-ring (bicyclic) bond motifs is 1. The van der Waals surface area contributed by atoms with E-state index >= 15 is 0 Å². The Kier molecular flexibility index (Phi) is 5.57. The average Bonchev–Trinajstić information content (AvgIpc) is 2.91. The number of aryl methyl sites for hydroxylation is 3. The Balaban J connectivity index is 1.70. The van der Waals surface area contributed by atoms with Gasteiger partial charge in [0.1, 0.15) is 12.6 Å². The molecule has 0 spiro atoms. The molecule has 1 aromatic heterocycles. The van der Waals surface area contributed by atoms with Crippen LogP contribution in [0.1, 0.15) is 50.2 Å². The largest absolute Gasteiger partial charge is 0.387 e. The third kappa shape index (κ3) is 3.81. The Labute approximate surface area is 145 Å². The van der Waals surface area contributed by atoms with Gasteiger partial charge in [-0.05, 0) is 56.9 Å². The van der Waals surface area contributed by atoms with Crippen LogP contribution in [0.2, 0.25) is 0 Å². The highest BCUT2D eigenvalue weighted by Crippen LogP contribution is 2.21. The normalized spacial score (nSPS) is 17.5. The van der Waals surface area contributed by atoms with Crippen molar-refractivity contribution < 1.29 is 14.4 Å². The molecule has 1 aliphatic rings. The minimum atomic E-state index is -0.463. The van der Waals surface area contributed by atoms with Crippen molar-refractivity contribution in [1.29, 1.82) is 0 Å². The van der Waals surface area contributed by atoms with E-state index in [1.54, 1.807) is 0 Å². The maximum Gasteiger partial charge on any atom is 0.244 e. The van der Waals surface area contributed by atoms with Gasteiger partial charge in [0.15, 0.2) is 11.0 Å². The number of imidazole rings is 1. The highest BCUT2D eigenvalue weighted by Gasteiger charge is 2.20. The van der Waals surface area contributed by atoms with Crippen LogP contribution < -0.4 is 4.57 Å². The summed E-state index contributed by atoms with van der Waals surface area (Å²) < 4.78 is 10.3. The number of aliphatic hydroxyl groups is 1. The maximum atomic E-state index is 10.4. The van der Waals surface area contributed by atoms with Crippen molar-refractivity contribution in [3.05, 3.63) is 29.6 Å². The molecule has 132 valence electrons. The van der Waals surface area contributed by atoms with Gasteiger partial charge in [-0.3, -0.25) is 0 Å². The Morgan fingerprint density at radius 2 is 1.92 bits per heavy atom. The first-order valence-corrected chi connectivity index (χ1v) is 9.37. The molecule has 0 bridgehead atoms. The molecule has 4 heteroatoms. The molecule has 1 fully saturated rings. The van der Waals surface area contributed by atoms with Crippen LogP contribution in [0.3, 0.4) is 0 Å². The standard InChI is InChI=1S/C20H31N2O2/c1-4-21-14-22(20-11-16(3)15(2)10-19(20)21)12-17(23)13-24-18-8-6-5-7-9-18/h10-11,14,17-18,23H,4-9,12-13H2,1-3H3/q+1/t17-/m1/s1. The number of hydrogen-bond acceptors (Lipinski definition) is 2. The average molecular weight is 331 g/mol. The Morgan fingerprint density at radius 1 is 1.21 bits per heavy atom. The molecule has 1 aliphatic carbocycles. The fraction of sp³-hybridized carbons (Fsp3) is 0.650. The summed E-state index contributed by atoms with van der Waals surface area (Å²) in [4.78, 5) is 0. The summed E-state index contributed by atoms with van der Waals surface area (Å²) in [6.45, 7) is 8.40. The SMILES string of the molecule is CCn1c[n+](C[C@@H](O)COC2CCCCC2)c2cc(C)c(C)cc21. The molecule has 0 amide bonds. The summed E-state index contributed by atoms with van der Waals surface area (Å²) in [5, 5.41) is 10.4. The maximum absolute atomic E-state index is 10.4. The quantitative estimate of drug-likeness (QED) is 0.825. The molecule has 0 radical (unpaired) electrons. The van der Waals surface area contributed by atoms with Crippen LogP contribution in [-0.2, 0) is 17.8 Å². The van der Waals surface area contributed by atoms with Gasteiger partial charge >= 0.3 is 0 Å². The highest BCUT2D eigenvalue weighted by atomic mass is 16.5. The zero-order valence-corrected chi connectivity index (χ0v) is 15.3. The third-order valence-electron chi connectivity index (χ3n) is 5.31. The monoisotopic (exact) mass is 331 g/mol. The van der Waals surface area contributed by atoms with E-state index in [1.165, 1.54) is 41.4 Å². The summed E-state index contributed by atoms with van der Waals surface area (Å²) in [7, 11) is 0. The van der Waals surface area contributed by atoms with Crippen molar-refractivity contribution >= 4 is 11.0 Å². The van der Waals surface area contributed by atoms with Crippen LogP contribution in [0.15, 0.2) is 18.5 Å². The van der Waals surface area contributed by atoms with E-state index in [-0.39, 0.29) is 0 Å². The Morgan fingerprint density at radius 3 is 2.62 bits per heavy atom. The van der Waals surface area contributed by atoms with Crippen LogP contribution in [0.4, 0.5) is 0 Å². The summed E-state index contributed by atoms with van der Waals surface area (Å²) in [5.41, 5.74) is 5.03. The molecule has 0 saturated heterocycles. The van der Waals surface area contributed by atoms with Crippen molar-refractivity contribution in [2.45, 2.75) is 78.2 Å². The van der Waals surface area contributed by atoms with E-state index in [4.69, 9.17) is 4.74 Å². The Bertz CT molecular complexity index is 686. The first kappa shape index (κ1) is 17.4. The highest BCUT2D eigenvalue weighted by molar-refractivity contribution is 5.74. The second-order valence-electron chi connectivity index (χ2n) is 7.23. The van der Waals surface area contributed by atoms with Crippen molar-refractivity contribution in [3.63, 3.8) is 0 Å². The van der Waals surface area contributed by atoms with Gasteiger partial charge in [-0.15, -0.1) is 0 Å². The fourth-order valence-corrected chi connectivity index (χ4v) is 3.69. The summed E-state index contributed by atoms with van der Waals surface area (Å²) in [6.07, 6.45) is 8.15. The lowest BCUT2D eigenvalue weighted by Crippen LogP contribution is -2.41. The smallest absolute Gasteiger partial charge is 0.244 e. The molecule has 4 nitrogen and oxygen atoms in total. The number of nitrogens with zero attached hydrogens (tertiary/aromatic N) is 2. The van der Waals surface area contributed by atoms with Crippen LogP contribution in [0.5, 0.6) is 0 Å². The number of benzene rings is 1. The van der Waals surface area contributed by atoms with Crippen LogP contribution in [-0.4, -0.2) is 28.5 Å². The predicted molar refractivity (Wildman–Crippen MR) is 96.1 cm³/mol. The topological polar surface area (TPSA) is 38.3 Å². The number of aromatic nitrogens is 2. The zero-order valence-electron chi connectivity index (χ0n) is 15.3. The molecule has 1 heterocycles. The van der Waals surface area contributed by atoms with Crippen LogP contribution in [0, 0.1) is 13.8 Å². The van der Waals surface area contributed by atoms with E-state index in [1.807, 2.05) is 0 Å². The van der Waals surface area contributed by atoms with Gasteiger partial charge in [0.05, 0.1) is 19.3 Å². The molecule has 2 aromatic rings. The molecule has 1 N–H and O–H groups in total. The van der Waals surface area contributed by atoms with Crippen LogP contribution in [0.25, 0.3) is 11.0 Å². The summed E-state index contributed by atoms with van der Waals surface area (Å²) in [5.74, 6) is 0. The predicted octanol–water partition coefficient (Wildman–Crippen LogP) is 3.28. The lowest BCUT2D eigenvalue weighted by molar-refractivity contribution is -0.679. The number of aliphatic hydroxyl groups excluding tert-OH is 1. The van der Waals surface area contributed by atoms with E-state index in [0.717, 1.165) is 19.4 Å². The molecule has 1 saturated carbocycles. The second-order valence-corrected chi connectivity index (χ2v) is 7.23. The van der Waals surface area contributed by atoms with E-state index in [2.05, 4.69) is 48.4 Å². The van der Waals surface area contributed by atoms with Gasteiger partial charge < -0.3 is 9.84 Å². The van der Waals surface area contributed by atoms with Gasteiger partial charge in [0, 0.05) is 0 Å². The number of hydrogen-bond donors (Lipinski definition) is 1. The molecule has 1 aromatic carbocycles. The van der Waals surface area contributed by atoms with Gasteiger partial charge in [-0.2, -0.15) is 0 Å². The van der Waals surface area contributed by atoms with E-state index in [9.17, 15) is 5.11 Å². The van der Waals surface area contributed by atoms with Crippen molar-refractivity contribution in [3.8, 4) is 0 Å². The molecule has 24 heavy (non-hydrogen) atoms. The van der Waals surface area contributed by atoms with E-state index in [0.29, 0.717) is 19.3 Å². The minimum absolute atomic E-state index is 0.347. The lowest BCUT2D eigenvalue weighted by atomic mass is 9.98. The first-order valence-electron chi connectivity index (χ1n) is 9.37. The zero-order chi connectivity index (χ0) is 17.1. The first-order chi connectivity index (χ1) is 11.6. The van der Waals surface area contributed by atoms with Gasteiger partial charge in [-0.25, -0.2) is 9.13 Å². The minimum Gasteiger partial charge on any atom is -0.387 e. The molecule has 3 rings (SSSR count). The third-order valence-corrected chi connectivity index (χ3v) is 5.31. The molecular formula is C20H31N2O2+. The molecule has 0 aliphatic heterocycles. The van der Waals surface area contributed by atoms with Crippen LogP contribution >= 0.6 is 0 Å².